The molecule has 1 heterocycles. The molecule has 176 valence electrons. The average Bonchev–Trinajstić information content (AvgIpc) is 2.83. The molecular formula is C26H27F3O4. The highest BCUT2D eigenvalue weighted by Gasteiger charge is 2.24. The maximum atomic E-state index is 15.1. The molecule has 0 aromatic heterocycles. The highest BCUT2D eigenvalue weighted by molar-refractivity contribution is 5.84. The number of rotatable bonds is 9. The molecular weight excluding hydrogens is 433 g/mol. The van der Waals surface area contributed by atoms with Crippen LogP contribution in [0.1, 0.15) is 36.3 Å². The van der Waals surface area contributed by atoms with E-state index in [1.54, 1.807) is 24.3 Å². The first-order valence-electron chi connectivity index (χ1n) is 11.1. The van der Waals surface area contributed by atoms with Gasteiger partial charge in [-0.2, -0.15) is 8.78 Å². The molecule has 0 N–H and O–H groups in total. The van der Waals surface area contributed by atoms with Crippen LogP contribution in [0.5, 0.6) is 5.75 Å². The fourth-order valence-corrected chi connectivity index (χ4v) is 3.87. The van der Waals surface area contributed by atoms with Gasteiger partial charge in [0, 0.05) is 17.6 Å². The Morgan fingerprint density at radius 1 is 0.970 bits per heavy atom. The monoisotopic (exact) mass is 460 g/mol. The minimum atomic E-state index is -2.85. The highest BCUT2D eigenvalue weighted by atomic mass is 19.3. The van der Waals surface area contributed by atoms with Gasteiger partial charge in [-0.25, -0.2) is 4.39 Å². The number of fused-ring (bicyclic) bond motifs is 1. The van der Waals surface area contributed by atoms with Crippen LogP contribution in [0.15, 0.2) is 54.6 Å². The SMILES string of the molecule is CCCOC1COC(c2ccc3c(F)c(CCc4ccc(OC(F)F)cc4)ccc3c2)OC1. The summed E-state index contributed by atoms with van der Waals surface area (Å²) in [6.45, 7) is 0.809. The van der Waals surface area contributed by atoms with E-state index in [0.29, 0.717) is 43.6 Å². The number of aryl methyl sites for hydroxylation is 2. The predicted octanol–water partition coefficient (Wildman–Crippen LogP) is 6.21. The molecule has 4 nitrogen and oxygen atoms in total. The van der Waals surface area contributed by atoms with Gasteiger partial charge >= 0.3 is 6.61 Å². The van der Waals surface area contributed by atoms with Gasteiger partial charge in [-0.05, 0) is 54.0 Å². The van der Waals surface area contributed by atoms with Crippen molar-refractivity contribution in [1.82, 2.24) is 0 Å². The molecule has 0 aliphatic carbocycles. The van der Waals surface area contributed by atoms with Crippen molar-refractivity contribution in [3.63, 3.8) is 0 Å². The maximum absolute atomic E-state index is 15.1. The lowest BCUT2D eigenvalue weighted by Gasteiger charge is -2.29. The van der Waals surface area contributed by atoms with Crippen LogP contribution in [-0.4, -0.2) is 32.5 Å². The maximum Gasteiger partial charge on any atom is 0.387 e. The second-order valence-electron chi connectivity index (χ2n) is 8.03. The molecule has 0 spiro atoms. The second kappa shape index (κ2) is 11.0. The van der Waals surface area contributed by atoms with Crippen molar-refractivity contribution in [2.24, 2.45) is 0 Å². The lowest BCUT2D eigenvalue weighted by atomic mass is 9.99. The molecule has 0 unspecified atom stereocenters. The molecule has 0 saturated carbocycles. The smallest absolute Gasteiger partial charge is 0.387 e. The lowest BCUT2D eigenvalue weighted by molar-refractivity contribution is -0.230. The van der Waals surface area contributed by atoms with Gasteiger partial charge in [0.2, 0.25) is 0 Å². The summed E-state index contributed by atoms with van der Waals surface area (Å²) >= 11 is 0. The Labute approximate surface area is 191 Å². The summed E-state index contributed by atoms with van der Waals surface area (Å²) in [5, 5.41) is 1.32. The highest BCUT2D eigenvalue weighted by Crippen LogP contribution is 2.29. The van der Waals surface area contributed by atoms with E-state index in [2.05, 4.69) is 11.7 Å². The molecule has 33 heavy (non-hydrogen) atoms. The number of alkyl halides is 2. The van der Waals surface area contributed by atoms with E-state index >= 15 is 4.39 Å². The number of benzene rings is 3. The number of hydrogen-bond donors (Lipinski definition) is 0. The van der Waals surface area contributed by atoms with Crippen molar-refractivity contribution in [3.05, 3.63) is 77.1 Å². The van der Waals surface area contributed by atoms with Gasteiger partial charge in [-0.3, -0.25) is 0 Å². The normalized spacial score (nSPS) is 18.7. The first-order chi connectivity index (χ1) is 16.0. The number of ether oxygens (including phenoxy) is 4. The van der Waals surface area contributed by atoms with E-state index in [1.165, 1.54) is 12.1 Å². The molecule has 1 fully saturated rings. The first kappa shape index (κ1) is 23.5. The fraction of sp³-hybridized carbons (Fsp3) is 0.385. The van der Waals surface area contributed by atoms with E-state index in [4.69, 9.17) is 14.2 Å². The number of hydrogen-bond acceptors (Lipinski definition) is 4. The molecule has 1 saturated heterocycles. The van der Waals surface area contributed by atoms with Gasteiger partial charge in [-0.1, -0.05) is 43.3 Å². The Morgan fingerprint density at radius 3 is 2.42 bits per heavy atom. The third kappa shape index (κ3) is 6.05. The quantitative estimate of drug-likeness (QED) is 0.381. The minimum absolute atomic E-state index is 0.0605. The van der Waals surface area contributed by atoms with Gasteiger partial charge in [0.1, 0.15) is 17.7 Å². The van der Waals surface area contributed by atoms with Crippen molar-refractivity contribution in [2.75, 3.05) is 19.8 Å². The summed E-state index contributed by atoms with van der Waals surface area (Å²) in [6, 6.07) is 15.6. The fourth-order valence-electron chi connectivity index (χ4n) is 3.87. The molecule has 1 aliphatic heterocycles. The van der Waals surface area contributed by atoms with Crippen molar-refractivity contribution in [2.45, 2.75) is 45.2 Å². The Balaban J connectivity index is 1.40. The van der Waals surface area contributed by atoms with Gasteiger partial charge in [-0.15, -0.1) is 0 Å². The third-order valence-electron chi connectivity index (χ3n) is 5.59. The minimum Gasteiger partial charge on any atom is -0.435 e. The molecule has 0 amide bonds. The van der Waals surface area contributed by atoms with Crippen LogP contribution in [0.2, 0.25) is 0 Å². The largest absolute Gasteiger partial charge is 0.435 e. The van der Waals surface area contributed by atoms with Gasteiger partial charge in [0.05, 0.1) is 13.2 Å². The molecule has 7 heteroatoms. The van der Waals surface area contributed by atoms with Crippen molar-refractivity contribution >= 4 is 10.8 Å². The Morgan fingerprint density at radius 2 is 1.73 bits per heavy atom. The number of halogens is 3. The summed E-state index contributed by atoms with van der Waals surface area (Å²) in [7, 11) is 0. The summed E-state index contributed by atoms with van der Waals surface area (Å²) in [5.41, 5.74) is 2.36. The molecule has 3 aromatic carbocycles. The predicted molar refractivity (Wildman–Crippen MR) is 119 cm³/mol. The van der Waals surface area contributed by atoms with Crippen LogP contribution in [0, 0.1) is 5.82 Å². The van der Waals surface area contributed by atoms with E-state index in [1.807, 2.05) is 18.2 Å². The zero-order valence-corrected chi connectivity index (χ0v) is 18.4. The first-order valence-corrected chi connectivity index (χ1v) is 11.1. The van der Waals surface area contributed by atoms with Crippen molar-refractivity contribution in [3.8, 4) is 5.75 Å². The Kier molecular flexibility index (Phi) is 7.85. The Bertz CT molecular complexity index is 1050. The van der Waals surface area contributed by atoms with Gasteiger partial charge in [0.25, 0.3) is 0 Å². The molecule has 0 radical (unpaired) electrons. The molecule has 4 rings (SSSR count). The topological polar surface area (TPSA) is 36.9 Å². The van der Waals surface area contributed by atoms with Crippen LogP contribution < -0.4 is 4.74 Å². The average molecular weight is 460 g/mol. The molecule has 1 aliphatic rings. The zero-order chi connectivity index (χ0) is 23.2. The third-order valence-corrected chi connectivity index (χ3v) is 5.59. The van der Waals surface area contributed by atoms with Crippen molar-refractivity contribution < 1.29 is 32.1 Å². The molecule has 0 atom stereocenters. The van der Waals surface area contributed by atoms with Crippen LogP contribution in [0.3, 0.4) is 0 Å². The van der Waals surface area contributed by atoms with Crippen molar-refractivity contribution in [1.29, 1.82) is 0 Å². The summed E-state index contributed by atoms with van der Waals surface area (Å²) in [5.74, 6) is -0.147. The van der Waals surface area contributed by atoms with E-state index in [-0.39, 0.29) is 17.7 Å². The van der Waals surface area contributed by atoms with E-state index in [9.17, 15) is 8.78 Å². The van der Waals surface area contributed by atoms with E-state index in [0.717, 1.165) is 22.9 Å². The summed E-state index contributed by atoms with van der Waals surface area (Å²) in [6.07, 6.45) is 1.47. The van der Waals surface area contributed by atoms with Crippen LogP contribution in [-0.2, 0) is 27.1 Å². The summed E-state index contributed by atoms with van der Waals surface area (Å²) in [4.78, 5) is 0. The molecule has 3 aromatic rings. The van der Waals surface area contributed by atoms with Gasteiger partial charge in [0.15, 0.2) is 6.29 Å². The lowest BCUT2D eigenvalue weighted by Crippen LogP contribution is -2.33. The summed E-state index contributed by atoms with van der Waals surface area (Å²) < 4.78 is 61.3. The van der Waals surface area contributed by atoms with Gasteiger partial charge < -0.3 is 18.9 Å². The van der Waals surface area contributed by atoms with Crippen LogP contribution in [0.4, 0.5) is 13.2 Å². The van der Waals surface area contributed by atoms with Crippen LogP contribution >= 0.6 is 0 Å². The van der Waals surface area contributed by atoms with Crippen LogP contribution in [0.25, 0.3) is 10.8 Å². The van der Waals surface area contributed by atoms with E-state index < -0.39 is 12.9 Å². The zero-order valence-electron chi connectivity index (χ0n) is 18.4. The standard InChI is InChI=1S/C26H27F3O4/c1-2-13-30-22-15-31-25(32-16-22)20-9-12-23-19(14-20)8-7-18(24(23)27)6-3-17-4-10-21(11-5-17)33-26(28)29/h4-5,7-12,14,22,25-26H,2-3,6,13,15-16H2,1H3. The molecule has 0 bridgehead atoms. The Hall–Kier alpha value is -2.61. The second-order valence-corrected chi connectivity index (χ2v) is 8.03.